The molecule has 1 fully saturated rings. The van der Waals surface area contributed by atoms with Crippen molar-refractivity contribution in [3.05, 3.63) is 48.0 Å². The van der Waals surface area contributed by atoms with Crippen LogP contribution < -0.4 is 5.32 Å². The van der Waals surface area contributed by atoms with Crippen molar-refractivity contribution < 1.29 is 24.6 Å². The summed E-state index contributed by atoms with van der Waals surface area (Å²) in [5.41, 5.74) is 2.21. The first-order valence-corrected chi connectivity index (χ1v) is 7.66. The fraction of sp³-hybridized carbons (Fsp3) is 0.353. The van der Waals surface area contributed by atoms with Gasteiger partial charge in [-0.15, -0.1) is 0 Å². The molecule has 1 spiro atoms. The van der Waals surface area contributed by atoms with E-state index in [1.54, 1.807) is 0 Å². The first-order chi connectivity index (χ1) is 11.5. The molecule has 3 rings (SSSR count). The van der Waals surface area contributed by atoms with Crippen LogP contribution in [0.1, 0.15) is 24.8 Å². The minimum absolute atomic E-state index is 0.0660. The molecule has 0 radical (unpaired) electrons. The van der Waals surface area contributed by atoms with E-state index in [9.17, 15) is 9.59 Å². The van der Waals surface area contributed by atoms with Crippen LogP contribution in [-0.4, -0.2) is 46.6 Å². The van der Waals surface area contributed by atoms with Crippen molar-refractivity contribution in [2.45, 2.75) is 24.9 Å². The molecule has 2 heterocycles. The zero-order chi connectivity index (χ0) is 17.4. The Hall–Kier alpha value is -2.67. The van der Waals surface area contributed by atoms with Gasteiger partial charge in [0.15, 0.2) is 5.60 Å². The second-order valence-corrected chi connectivity index (χ2v) is 5.65. The van der Waals surface area contributed by atoms with Crippen molar-refractivity contribution in [3.63, 3.8) is 0 Å². The van der Waals surface area contributed by atoms with Crippen molar-refractivity contribution in [2.24, 2.45) is 5.16 Å². The molecule has 0 aromatic heterocycles. The average molecular weight is 332 g/mol. The number of benzene rings is 1. The Kier molecular flexibility index (Phi) is 6.08. The van der Waals surface area contributed by atoms with E-state index in [0.29, 0.717) is 12.2 Å². The lowest BCUT2D eigenvalue weighted by Crippen LogP contribution is -2.45. The van der Waals surface area contributed by atoms with Crippen LogP contribution in [-0.2, 0) is 14.4 Å². The SMILES string of the molecule is O=C(O)/C=C/C(=O)O.c1ccc(C2=NOC3(CCCNC3)C2)cc1. The lowest BCUT2D eigenvalue weighted by atomic mass is 9.88. The minimum atomic E-state index is -1.26. The number of hydrogen-bond donors (Lipinski definition) is 3. The molecule has 0 bridgehead atoms. The van der Waals surface area contributed by atoms with E-state index in [4.69, 9.17) is 15.1 Å². The summed E-state index contributed by atoms with van der Waals surface area (Å²) in [4.78, 5) is 24.8. The highest BCUT2D eigenvalue weighted by molar-refractivity contribution is 6.01. The van der Waals surface area contributed by atoms with E-state index >= 15 is 0 Å². The molecule has 1 saturated heterocycles. The number of carboxylic acid groups (broad SMARTS) is 2. The molecule has 0 aliphatic carbocycles. The van der Waals surface area contributed by atoms with Crippen LogP contribution in [0.3, 0.4) is 0 Å². The molecule has 2 aliphatic heterocycles. The zero-order valence-corrected chi connectivity index (χ0v) is 13.1. The predicted octanol–water partition coefficient (Wildman–Crippen LogP) is 1.64. The maximum atomic E-state index is 9.55. The van der Waals surface area contributed by atoms with E-state index in [1.807, 2.05) is 18.2 Å². The fourth-order valence-electron chi connectivity index (χ4n) is 2.62. The lowest BCUT2D eigenvalue weighted by molar-refractivity contribution is -0.134. The van der Waals surface area contributed by atoms with Gasteiger partial charge in [-0.05, 0) is 24.9 Å². The maximum Gasteiger partial charge on any atom is 0.328 e. The van der Waals surface area contributed by atoms with Crippen molar-refractivity contribution in [1.82, 2.24) is 5.32 Å². The van der Waals surface area contributed by atoms with Gasteiger partial charge >= 0.3 is 11.9 Å². The monoisotopic (exact) mass is 332 g/mol. The lowest BCUT2D eigenvalue weighted by Gasteiger charge is -2.31. The molecule has 2 aliphatic rings. The summed E-state index contributed by atoms with van der Waals surface area (Å²) in [6.07, 6.45) is 4.34. The summed E-state index contributed by atoms with van der Waals surface area (Å²) in [7, 11) is 0. The number of carboxylic acids is 2. The summed E-state index contributed by atoms with van der Waals surface area (Å²) in [6, 6.07) is 10.3. The number of nitrogens with one attached hydrogen (secondary N) is 1. The van der Waals surface area contributed by atoms with Crippen molar-refractivity contribution in [3.8, 4) is 0 Å². The Bertz CT molecular complexity index is 618. The zero-order valence-electron chi connectivity index (χ0n) is 13.1. The molecular formula is C17H20N2O5. The third kappa shape index (κ3) is 5.20. The maximum absolute atomic E-state index is 9.55. The van der Waals surface area contributed by atoms with Crippen LogP contribution in [0.2, 0.25) is 0 Å². The number of aliphatic carboxylic acids is 2. The van der Waals surface area contributed by atoms with Crippen molar-refractivity contribution >= 4 is 17.7 Å². The number of piperidine rings is 1. The molecule has 128 valence electrons. The summed E-state index contributed by atoms with van der Waals surface area (Å²) >= 11 is 0. The van der Waals surface area contributed by atoms with Gasteiger partial charge in [-0.2, -0.15) is 0 Å². The topological polar surface area (TPSA) is 108 Å². The molecule has 3 N–H and O–H groups in total. The molecular weight excluding hydrogens is 312 g/mol. The molecule has 1 atom stereocenters. The third-order valence-corrected chi connectivity index (χ3v) is 3.75. The van der Waals surface area contributed by atoms with Gasteiger partial charge in [-0.3, -0.25) is 0 Å². The highest BCUT2D eigenvalue weighted by Gasteiger charge is 2.40. The molecule has 24 heavy (non-hydrogen) atoms. The van der Waals surface area contributed by atoms with Gasteiger partial charge in [-0.1, -0.05) is 35.5 Å². The van der Waals surface area contributed by atoms with Gasteiger partial charge < -0.3 is 20.4 Å². The van der Waals surface area contributed by atoms with Crippen molar-refractivity contribution in [2.75, 3.05) is 13.1 Å². The molecule has 1 aromatic rings. The Morgan fingerprint density at radius 2 is 1.83 bits per heavy atom. The van der Waals surface area contributed by atoms with Crippen LogP contribution in [0.25, 0.3) is 0 Å². The smallest absolute Gasteiger partial charge is 0.328 e. The average Bonchev–Trinajstić information content (AvgIpc) is 2.98. The van der Waals surface area contributed by atoms with Gasteiger partial charge in [0.25, 0.3) is 0 Å². The van der Waals surface area contributed by atoms with E-state index in [0.717, 1.165) is 31.6 Å². The largest absolute Gasteiger partial charge is 0.478 e. The predicted molar refractivity (Wildman–Crippen MR) is 87.9 cm³/mol. The Morgan fingerprint density at radius 3 is 2.38 bits per heavy atom. The highest BCUT2D eigenvalue weighted by Crippen LogP contribution is 2.32. The van der Waals surface area contributed by atoms with Crippen molar-refractivity contribution in [1.29, 1.82) is 0 Å². The summed E-state index contributed by atoms with van der Waals surface area (Å²) in [5, 5.41) is 23.3. The van der Waals surface area contributed by atoms with Gasteiger partial charge in [0.2, 0.25) is 0 Å². The normalized spacial score (nSPS) is 22.4. The number of carbonyl (C=O) groups is 2. The summed E-state index contributed by atoms with van der Waals surface area (Å²) in [6.45, 7) is 2.03. The fourth-order valence-corrected chi connectivity index (χ4v) is 2.62. The van der Waals surface area contributed by atoms with Crippen LogP contribution in [0.4, 0.5) is 0 Å². The molecule has 7 nitrogen and oxygen atoms in total. The van der Waals surface area contributed by atoms with Gasteiger partial charge in [0.05, 0.1) is 5.71 Å². The number of nitrogens with zero attached hydrogens (tertiary/aromatic N) is 1. The number of hydrogen-bond acceptors (Lipinski definition) is 5. The second kappa shape index (κ2) is 8.26. The van der Waals surface area contributed by atoms with Gasteiger partial charge in [-0.25, -0.2) is 9.59 Å². The third-order valence-electron chi connectivity index (χ3n) is 3.75. The molecule has 7 heteroatoms. The standard InChI is InChI=1S/C13H16N2O.C4H4O4/c1-2-5-11(6-3-1)12-9-13(16-15-12)7-4-8-14-10-13;5-3(6)1-2-4(7)8/h1-3,5-6,14H,4,7-10H2;1-2H,(H,5,6)(H,7,8)/b;2-1+. The Labute approximate surface area is 139 Å². The van der Waals surface area contributed by atoms with E-state index in [-0.39, 0.29) is 5.60 Å². The molecule has 0 amide bonds. The second-order valence-electron chi connectivity index (χ2n) is 5.65. The Morgan fingerprint density at radius 1 is 1.17 bits per heavy atom. The van der Waals surface area contributed by atoms with Crippen LogP contribution in [0, 0.1) is 0 Å². The number of rotatable bonds is 3. The summed E-state index contributed by atoms with van der Waals surface area (Å²) < 4.78 is 0. The molecule has 1 aromatic carbocycles. The summed E-state index contributed by atoms with van der Waals surface area (Å²) in [5.74, 6) is -2.51. The Balaban J connectivity index is 0.000000224. The van der Waals surface area contributed by atoms with Crippen LogP contribution in [0.5, 0.6) is 0 Å². The first-order valence-electron chi connectivity index (χ1n) is 7.66. The van der Waals surface area contributed by atoms with E-state index in [2.05, 4.69) is 22.6 Å². The van der Waals surface area contributed by atoms with E-state index < -0.39 is 11.9 Å². The minimum Gasteiger partial charge on any atom is -0.478 e. The molecule has 0 saturated carbocycles. The molecule has 1 unspecified atom stereocenters. The van der Waals surface area contributed by atoms with Crippen LogP contribution >= 0.6 is 0 Å². The number of oxime groups is 1. The van der Waals surface area contributed by atoms with Crippen LogP contribution in [0.15, 0.2) is 47.6 Å². The quantitative estimate of drug-likeness (QED) is 0.726. The van der Waals surface area contributed by atoms with Gasteiger partial charge in [0.1, 0.15) is 0 Å². The van der Waals surface area contributed by atoms with Gasteiger partial charge in [0, 0.05) is 25.1 Å². The highest BCUT2D eigenvalue weighted by atomic mass is 16.7. The van der Waals surface area contributed by atoms with E-state index in [1.165, 1.54) is 12.0 Å². The first kappa shape index (κ1) is 17.7.